The molecule has 336 valence electrons. The largest absolute Gasteiger partial charge is 0.461 e. The van der Waals surface area contributed by atoms with E-state index in [0.717, 1.165) is 81.8 Å². The third-order valence-electron chi connectivity index (χ3n) is 18.6. The van der Waals surface area contributed by atoms with Crippen LogP contribution in [0, 0.1) is 63.6 Å². The summed E-state index contributed by atoms with van der Waals surface area (Å²) in [4.78, 5) is 15.2. The molecule has 2 aromatic carbocycles. The van der Waals surface area contributed by atoms with Crippen LogP contribution in [0.25, 0.3) is 0 Å². The standard InChI is InChI=1S/C52H75NO7S/c1-35(2)37(4)47(5)28-29-49(7)40-22-23-43-48(6)32-58-34-52(43,41(40)24-27-50(49,8)44(47)46(54)59-31-38-16-12-10-13-17-38)30-42(57-9)45(48)60-33-51(25-14-11-15-26-51)53-61(55,56)39-20-18-36(3)19-21-39/h10,12-13,16-21,24,35,37,40,42-45,53H,11,14-15,22-23,25-34H2,1-9H3/t37-,40+,42-,43+,44-,45+,47-,48?,49-,50+,52+/m1/s1. The van der Waals surface area contributed by atoms with Gasteiger partial charge in [0.1, 0.15) is 6.61 Å². The highest BCUT2D eigenvalue weighted by Gasteiger charge is 2.72. The lowest BCUT2D eigenvalue weighted by Gasteiger charge is -2.71. The molecule has 1 unspecified atom stereocenters. The summed E-state index contributed by atoms with van der Waals surface area (Å²) in [5, 5.41) is 0. The maximum atomic E-state index is 14.9. The van der Waals surface area contributed by atoms with Gasteiger partial charge in [-0.25, -0.2) is 13.1 Å². The molecule has 9 heteroatoms. The van der Waals surface area contributed by atoms with Gasteiger partial charge < -0.3 is 18.9 Å². The van der Waals surface area contributed by atoms with Gasteiger partial charge in [0.15, 0.2) is 0 Å². The number of rotatable bonds is 12. The fraction of sp³-hybridized carbons (Fsp3) is 0.712. The monoisotopic (exact) mass is 858 g/mol. The zero-order valence-corrected chi connectivity index (χ0v) is 39.5. The van der Waals surface area contributed by atoms with E-state index in [-0.39, 0.29) is 51.2 Å². The number of sulfonamides is 1. The van der Waals surface area contributed by atoms with Crippen LogP contribution in [-0.2, 0) is 40.4 Å². The Morgan fingerprint density at radius 1 is 0.885 bits per heavy atom. The topological polar surface area (TPSA) is 100 Å². The van der Waals surface area contributed by atoms with Crippen LogP contribution in [0.15, 0.2) is 71.1 Å². The number of carbonyl (C=O) groups is 1. The Hall–Kier alpha value is -2.56. The van der Waals surface area contributed by atoms with Gasteiger partial charge in [-0.05, 0) is 116 Å². The minimum absolute atomic E-state index is 0.0430. The highest BCUT2D eigenvalue weighted by atomic mass is 32.2. The van der Waals surface area contributed by atoms with Gasteiger partial charge in [0.05, 0.1) is 48.4 Å². The first-order chi connectivity index (χ1) is 28.9. The number of allylic oxidation sites excluding steroid dienone is 1. The van der Waals surface area contributed by atoms with Crippen molar-refractivity contribution in [2.75, 3.05) is 26.9 Å². The van der Waals surface area contributed by atoms with Crippen LogP contribution in [0.3, 0.4) is 0 Å². The van der Waals surface area contributed by atoms with E-state index < -0.39 is 15.6 Å². The molecule has 0 spiro atoms. The minimum atomic E-state index is -3.76. The van der Waals surface area contributed by atoms with Crippen LogP contribution in [0.4, 0.5) is 0 Å². The maximum Gasteiger partial charge on any atom is 0.310 e. The number of fused-ring (bicyclic) bond motifs is 3. The molecule has 2 aromatic rings. The fourth-order valence-corrected chi connectivity index (χ4v) is 16.1. The maximum absolute atomic E-state index is 14.9. The van der Waals surface area contributed by atoms with E-state index in [1.54, 1.807) is 12.1 Å². The Morgan fingerprint density at radius 2 is 1.59 bits per heavy atom. The van der Waals surface area contributed by atoms with Crippen molar-refractivity contribution in [3.05, 3.63) is 77.4 Å². The molecule has 4 saturated carbocycles. The number of methoxy groups -OCH3 is 1. The first-order valence-corrected chi connectivity index (χ1v) is 25.1. The molecule has 5 fully saturated rings. The summed E-state index contributed by atoms with van der Waals surface area (Å²) in [6, 6.07) is 17.2. The Morgan fingerprint density at radius 3 is 2.26 bits per heavy atom. The number of hydrogen-bond acceptors (Lipinski definition) is 7. The van der Waals surface area contributed by atoms with Gasteiger partial charge in [-0.1, -0.05) is 127 Å². The first kappa shape index (κ1) is 45.0. The van der Waals surface area contributed by atoms with E-state index in [0.29, 0.717) is 55.0 Å². The second kappa shape index (κ2) is 16.5. The zero-order valence-electron chi connectivity index (χ0n) is 38.7. The lowest BCUT2D eigenvalue weighted by Crippen LogP contribution is -2.70. The highest BCUT2D eigenvalue weighted by molar-refractivity contribution is 7.89. The number of aryl methyl sites for hydroxylation is 1. The molecule has 0 radical (unpaired) electrons. The number of esters is 1. The molecule has 11 atom stereocenters. The smallest absolute Gasteiger partial charge is 0.310 e. The molecular weight excluding hydrogens is 783 g/mol. The average molecular weight is 858 g/mol. The molecule has 1 aliphatic heterocycles. The summed E-state index contributed by atoms with van der Waals surface area (Å²) in [5.41, 5.74) is 1.73. The van der Waals surface area contributed by atoms with E-state index in [9.17, 15) is 13.2 Å². The van der Waals surface area contributed by atoms with Gasteiger partial charge in [0.25, 0.3) is 0 Å². The summed E-state index contributed by atoms with van der Waals surface area (Å²) in [5.74, 6) is 1.14. The number of ether oxygens (including phenoxy) is 4. The van der Waals surface area contributed by atoms with Gasteiger partial charge in [-0.15, -0.1) is 0 Å². The molecule has 0 aromatic heterocycles. The predicted molar refractivity (Wildman–Crippen MR) is 240 cm³/mol. The summed E-state index contributed by atoms with van der Waals surface area (Å²) >= 11 is 0. The third-order valence-corrected chi connectivity index (χ3v) is 20.2. The first-order valence-electron chi connectivity index (χ1n) is 23.6. The summed E-state index contributed by atoms with van der Waals surface area (Å²) in [7, 11) is -1.93. The Balaban J connectivity index is 1.10. The molecule has 6 aliphatic rings. The van der Waals surface area contributed by atoms with Crippen LogP contribution in [0.2, 0.25) is 0 Å². The Bertz CT molecular complexity index is 2050. The van der Waals surface area contributed by atoms with Gasteiger partial charge in [0, 0.05) is 17.9 Å². The second-order valence-corrected chi connectivity index (χ2v) is 23.8. The normalized spacial score (nSPS) is 38.7. The van der Waals surface area contributed by atoms with Crippen molar-refractivity contribution < 1.29 is 32.2 Å². The Labute approximate surface area is 367 Å². The summed E-state index contributed by atoms with van der Waals surface area (Å²) in [6.07, 6.45) is 12.4. The van der Waals surface area contributed by atoms with Crippen molar-refractivity contribution in [2.24, 2.45) is 56.7 Å². The summed E-state index contributed by atoms with van der Waals surface area (Å²) in [6.45, 7) is 20.5. The van der Waals surface area contributed by atoms with E-state index in [1.165, 1.54) is 5.57 Å². The van der Waals surface area contributed by atoms with E-state index >= 15 is 0 Å². The van der Waals surface area contributed by atoms with Gasteiger partial charge in [-0.2, -0.15) is 0 Å². The van der Waals surface area contributed by atoms with Gasteiger partial charge >= 0.3 is 5.97 Å². The van der Waals surface area contributed by atoms with Crippen LogP contribution >= 0.6 is 0 Å². The van der Waals surface area contributed by atoms with Crippen LogP contribution in [0.5, 0.6) is 0 Å². The third kappa shape index (κ3) is 7.40. The quantitative estimate of drug-likeness (QED) is 0.168. The van der Waals surface area contributed by atoms with E-state index in [2.05, 4.69) is 59.3 Å². The zero-order chi connectivity index (χ0) is 43.6. The minimum Gasteiger partial charge on any atom is -0.461 e. The molecule has 8 rings (SSSR count). The van der Waals surface area contributed by atoms with Crippen molar-refractivity contribution in [3.63, 3.8) is 0 Å². The van der Waals surface area contributed by atoms with E-state index in [1.807, 2.05) is 56.5 Å². The predicted octanol–water partition coefficient (Wildman–Crippen LogP) is 10.6. The highest BCUT2D eigenvalue weighted by Crippen LogP contribution is 2.75. The van der Waals surface area contributed by atoms with Crippen LogP contribution in [0.1, 0.15) is 130 Å². The number of benzene rings is 2. The molecule has 5 aliphatic carbocycles. The molecule has 1 N–H and O–H groups in total. The van der Waals surface area contributed by atoms with Crippen molar-refractivity contribution in [1.29, 1.82) is 0 Å². The summed E-state index contributed by atoms with van der Waals surface area (Å²) < 4.78 is 57.8. The van der Waals surface area contributed by atoms with E-state index in [4.69, 9.17) is 18.9 Å². The van der Waals surface area contributed by atoms with Crippen molar-refractivity contribution in [1.82, 2.24) is 4.72 Å². The van der Waals surface area contributed by atoms with Gasteiger partial charge in [0.2, 0.25) is 10.0 Å². The second-order valence-electron chi connectivity index (χ2n) is 22.1. The van der Waals surface area contributed by atoms with Crippen molar-refractivity contribution >= 4 is 16.0 Å². The van der Waals surface area contributed by atoms with Crippen LogP contribution in [-0.4, -0.2) is 59.1 Å². The molecule has 2 bridgehead atoms. The number of hydrogen-bond donors (Lipinski definition) is 1. The molecule has 1 heterocycles. The van der Waals surface area contributed by atoms with Crippen molar-refractivity contribution in [3.8, 4) is 0 Å². The van der Waals surface area contributed by atoms with Crippen LogP contribution < -0.4 is 4.72 Å². The Kier molecular flexibility index (Phi) is 12.1. The average Bonchev–Trinajstić information content (AvgIpc) is 3.23. The lowest BCUT2D eigenvalue weighted by atomic mass is 9.34. The number of carbonyl (C=O) groups excluding carboxylic acids is 1. The molecule has 61 heavy (non-hydrogen) atoms. The molecule has 1 saturated heterocycles. The van der Waals surface area contributed by atoms with Gasteiger partial charge in [-0.3, -0.25) is 4.79 Å². The molecular formula is C52H75NO7S. The lowest BCUT2D eigenvalue weighted by molar-refractivity contribution is -0.270. The number of nitrogens with one attached hydrogen (secondary N) is 1. The fourth-order valence-electron chi connectivity index (χ4n) is 14.7. The van der Waals surface area contributed by atoms with Crippen molar-refractivity contribution in [2.45, 2.75) is 155 Å². The SMILES string of the molecule is CO[C@@H]1C[C@@]23COCC(C)([C@H]1OCC1(NS(=O)(=O)c4ccc(C)cc4)CCCCC1)[C@@H]2CC[C@H]1C3=CC[C@@]2(C)[C@H](C(=O)OCc3ccccc3)[C@@](C)([C@H](C)C(C)C)CC[C@]12C. The molecule has 8 nitrogen and oxygen atoms in total. The molecule has 0 amide bonds.